The van der Waals surface area contributed by atoms with Crippen LogP contribution in [0.1, 0.15) is 31.4 Å². The summed E-state index contributed by atoms with van der Waals surface area (Å²) in [5.41, 5.74) is 1.89. The number of nitrogens with one attached hydrogen (secondary N) is 1. The SMILES string of the molecule is CCOCCCNCc1cc(OCC)c(OCc2ccccc2Cl)cc1Cl. The molecule has 0 fully saturated rings. The van der Waals surface area contributed by atoms with Crippen LogP contribution in [0.4, 0.5) is 0 Å². The smallest absolute Gasteiger partial charge is 0.163 e. The molecule has 0 unspecified atom stereocenters. The van der Waals surface area contributed by atoms with Gasteiger partial charge in [0, 0.05) is 41.4 Å². The number of hydrogen-bond acceptors (Lipinski definition) is 4. The predicted octanol–water partition coefficient (Wildman–Crippen LogP) is 5.49. The van der Waals surface area contributed by atoms with E-state index in [9.17, 15) is 0 Å². The van der Waals surface area contributed by atoms with Crippen molar-refractivity contribution in [3.8, 4) is 11.5 Å². The van der Waals surface area contributed by atoms with Crippen LogP contribution in [0.3, 0.4) is 0 Å². The molecule has 0 heterocycles. The van der Waals surface area contributed by atoms with Crippen LogP contribution < -0.4 is 14.8 Å². The molecule has 2 aromatic carbocycles. The zero-order chi connectivity index (χ0) is 19.5. The van der Waals surface area contributed by atoms with E-state index in [2.05, 4.69) is 5.32 Å². The summed E-state index contributed by atoms with van der Waals surface area (Å²) in [6.07, 6.45) is 0.961. The van der Waals surface area contributed by atoms with Crippen LogP contribution in [-0.2, 0) is 17.9 Å². The molecule has 0 radical (unpaired) electrons. The average Bonchev–Trinajstić information content (AvgIpc) is 2.66. The Balaban J connectivity index is 2.00. The first-order valence-corrected chi connectivity index (χ1v) is 10.0. The number of rotatable bonds is 12. The monoisotopic (exact) mass is 411 g/mol. The topological polar surface area (TPSA) is 39.7 Å². The first-order chi connectivity index (χ1) is 13.2. The summed E-state index contributed by atoms with van der Waals surface area (Å²) in [6, 6.07) is 11.3. The van der Waals surface area contributed by atoms with E-state index in [0.29, 0.717) is 41.3 Å². The Hall–Kier alpha value is -1.46. The molecule has 0 spiro atoms. The molecule has 0 aliphatic carbocycles. The van der Waals surface area contributed by atoms with Gasteiger partial charge >= 0.3 is 0 Å². The molecular formula is C21H27Cl2NO3. The van der Waals surface area contributed by atoms with Crippen molar-refractivity contribution in [2.45, 2.75) is 33.4 Å². The van der Waals surface area contributed by atoms with Crippen molar-refractivity contribution in [3.05, 3.63) is 57.6 Å². The number of halogens is 2. The van der Waals surface area contributed by atoms with Crippen molar-refractivity contribution >= 4 is 23.2 Å². The van der Waals surface area contributed by atoms with Crippen molar-refractivity contribution in [2.24, 2.45) is 0 Å². The fourth-order valence-corrected chi connectivity index (χ4v) is 2.94. The van der Waals surface area contributed by atoms with Crippen molar-refractivity contribution in [2.75, 3.05) is 26.4 Å². The van der Waals surface area contributed by atoms with Gasteiger partial charge in [-0.3, -0.25) is 0 Å². The van der Waals surface area contributed by atoms with Gasteiger partial charge in [-0.05, 0) is 44.5 Å². The Labute approximate surface area is 171 Å². The van der Waals surface area contributed by atoms with Gasteiger partial charge in [0.15, 0.2) is 11.5 Å². The summed E-state index contributed by atoms with van der Waals surface area (Å²) in [6.45, 7) is 7.88. The molecule has 0 saturated heterocycles. The Morgan fingerprint density at radius 1 is 0.889 bits per heavy atom. The minimum Gasteiger partial charge on any atom is -0.490 e. The average molecular weight is 412 g/mol. The minimum absolute atomic E-state index is 0.352. The van der Waals surface area contributed by atoms with Gasteiger partial charge in [-0.25, -0.2) is 0 Å². The largest absolute Gasteiger partial charge is 0.490 e. The molecule has 0 aromatic heterocycles. The van der Waals surface area contributed by atoms with Crippen molar-refractivity contribution in [1.29, 1.82) is 0 Å². The highest BCUT2D eigenvalue weighted by molar-refractivity contribution is 6.31. The zero-order valence-electron chi connectivity index (χ0n) is 15.9. The molecule has 0 saturated carbocycles. The molecule has 2 aromatic rings. The lowest BCUT2D eigenvalue weighted by Gasteiger charge is -2.16. The lowest BCUT2D eigenvalue weighted by molar-refractivity contribution is 0.144. The van der Waals surface area contributed by atoms with E-state index in [0.717, 1.165) is 37.3 Å². The summed E-state index contributed by atoms with van der Waals surface area (Å²) in [7, 11) is 0. The highest BCUT2D eigenvalue weighted by Crippen LogP contribution is 2.34. The van der Waals surface area contributed by atoms with Gasteiger partial charge in [-0.1, -0.05) is 41.4 Å². The molecule has 1 N–H and O–H groups in total. The molecule has 0 aliphatic heterocycles. The van der Waals surface area contributed by atoms with Gasteiger partial charge in [0.05, 0.1) is 6.61 Å². The Bertz CT molecular complexity index is 710. The van der Waals surface area contributed by atoms with Crippen LogP contribution in [0.5, 0.6) is 11.5 Å². The van der Waals surface area contributed by atoms with Crippen molar-refractivity contribution in [3.63, 3.8) is 0 Å². The number of ether oxygens (including phenoxy) is 3. The molecule has 148 valence electrons. The van der Waals surface area contributed by atoms with E-state index in [1.165, 1.54) is 0 Å². The summed E-state index contributed by atoms with van der Waals surface area (Å²) < 4.78 is 17.0. The van der Waals surface area contributed by atoms with Crippen LogP contribution in [0.2, 0.25) is 10.0 Å². The van der Waals surface area contributed by atoms with E-state index in [1.807, 2.05) is 44.2 Å². The maximum absolute atomic E-state index is 6.45. The number of hydrogen-bond donors (Lipinski definition) is 1. The van der Waals surface area contributed by atoms with E-state index < -0.39 is 0 Å². The summed E-state index contributed by atoms with van der Waals surface area (Å²) in [5.74, 6) is 1.29. The normalized spacial score (nSPS) is 10.8. The van der Waals surface area contributed by atoms with Gasteiger partial charge < -0.3 is 19.5 Å². The molecule has 6 heteroatoms. The fraction of sp³-hybridized carbons (Fsp3) is 0.429. The second kappa shape index (κ2) is 12.1. The maximum Gasteiger partial charge on any atom is 0.163 e. The molecule has 4 nitrogen and oxygen atoms in total. The molecule has 0 aliphatic rings. The second-order valence-corrected chi connectivity index (χ2v) is 6.75. The molecular weight excluding hydrogens is 385 g/mol. The lowest BCUT2D eigenvalue weighted by Crippen LogP contribution is -2.16. The second-order valence-electron chi connectivity index (χ2n) is 5.93. The zero-order valence-corrected chi connectivity index (χ0v) is 17.4. The Morgan fingerprint density at radius 2 is 1.67 bits per heavy atom. The van der Waals surface area contributed by atoms with Gasteiger partial charge in [0.1, 0.15) is 6.61 Å². The molecule has 0 atom stereocenters. The van der Waals surface area contributed by atoms with Crippen molar-refractivity contribution in [1.82, 2.24) is 5.32 Å². The summed E-state index contributed by atoms with van der Waals surface area (Å²) >= 11 is 12.6. The third-order valence-electron chi connectivity index (χ3n) is 3.92. The van der Waals surface area contributed by atoms with Gasteiger partial charge in [-0.2, -0.15) is 0 Å². The summed E-state index contributed by atoms with van der Waals surface area (Å²) in [4.78, 5) is 0. The lowest BCUT2D eigenvalue weighted by atomic mass is 10.2. The third-order valence-corrected chi connectivity index (χ3v) is 4.64. The van der Waals surface area contributed by atoms with Crippen LogP contribution in [-0.4, -0.2) is 26.4 Å². The van der Waals surface area contributed by atoms with Crippen molar-refractivity contribution < 1.29 is 14.2 Å². The molecule has 0 amide bonds. The number of benzene rings is 2. The van der Waals surface area contributed by atoms with Crippen LogP contribution >= 0.6 is 23.2 Å². The molecule has 27 heavy (non-hydrogen) atoms. The predicted molar refractivity (Wildman–Crippen MR) is 111 cm³/mol. The third kappa shape index (κ3) is 7.23. The quantitative estimate of drug-likeness (QED) is 0.468. The van der Waals surface area contributed by atoms with Crippen LogP contribution in [0.25, 0.3) is 0 Å². The van der Waals surface area contributed by atoms with E-state index in [4.69, 9.17) is 37.4 Å². The van der Waals surface area contributed by atoms with Crippen LogP contribution in [0, 0.1) is 0 Å². The first kappa shape index (κ1) is 21.8. The molecule has 2 rings (SSSR count). The Kier molecular flexibility index (Phi) is 9.78. The van der Waals surface area contributed by atoms with E-state index >= 15 is 0 Å². The van der Waals surface area contributed by atoms with E-state index in [1.54, 1.807) is 6.07 Å². The fourth-order valence-electron chi connectivity index (χ4n) is 2.53. The van der Waals surface area contributed by atoms with Crippen LogP contribution in [0.15, 0.2) is 36.4 Å². The maximum atomic E-state index is 6.45. The highest BCUT2D eigenvalue weighted by atomic mass is 35.5. The highest BCUT2D eigenvalue weighted by Gasteiger charge is 2.12. The van der Waals surface area contributed by atoms with Gasteiger partial charge in [-0.15, -0.1) is 0 Å². The van der Waals surface area contributed by atoms with Gasteiger partial charge in [0.2, 0.25) is 0 Å². The van der Waals surface area contributed by atoms with Gasteiger partial charge in [0.25, 0.3) is 0 Å². The minimum atomic E-state index is 0.352. The standard InChI is InChI=1S/C21H27Cl2NO3/c1-3-25-11-7-10-24-14-17-12-20(26-4-2)21(13-19(17)23)27-15-16-8-5-6-9-18(16)22/h5-6,8-9,12-13,24H,3-4,7,10-11,14-15H2,1-2H3. The molecule has 0 bridgehead atoms. The summed E-state index contributed by atoms with van der Waals surface area (Å²) in [5, 5.41) is 4.70. The first-order valence-electron chi connectivity index (χ1n) is 9.25. The Morgan fingerprint density at radius 3 is 2.41 bits per heavy atom. The van der Waals surface area contributed by atoms with E-state index in [-0.39, 0.29) is 0 Å².